The van der Waals surface area contributed by atoms with Crippen LogP contribution in [0.15, 0.2) is 56.9 Å². The molecular weight excluding hydrogens is 390 g/mol. The number of nitrogens with one attached hydrogen (secondary N) is 1. The van der Waals surface area contributed by atoms with Gasteiger partial charge in [-0.15, -0.1) is 0 Å². The van der Waals surface area contributed by atoms with Crippen LogP contribution in [0.3, 0.4) is 0 Å². The first-order valence-electron chi connectivity index (χ1n) is 6.08. The van der Waals surface area contributed by atoms with E-state index in [1.165, 1.54) is 12.1 Å². The average molecular weight is 400 g/mol. The van der Waals surface area contributed by atoms with Crippen molar-refractivity contribution in [1.82, 2.24) is 4.83 Å². The second kappa shape index (κ2) is 6.75. The molecule has 0 aliphatic carbocycles. The Bertz CT molecular complexity index is 869. The van der Waals surface area contributed by atoms with E-state index in [2.05, 4.69) is 21.0 Å². The molecule has 0 aliphatic heterocycles. The second-order valence-electron chi connectivity index (χ2n) is 4.29. The molecule has 0 aliphatic rings. The number of phenols is 1. The van der Waals surface area contributed by atoms with Crippen molar-refractivity contribution in [2.75, 3.05) is 0 Å². The van der Waals surface area contributed by atoms with Gasteiger partial charge in [0.05, 0.1) is 20.5 Å². The van der Waals surface area contributed by atoms with Gasteiger partial charge in [-0.05, 0) is 28.1 Å². The summed E-state index contributed by atoms with van der Waals surface area (Å²) in [5.41, 5.74) is -0.288. The highest BCUT2D eigenvalue weighted by molar-refractivity contribution is 9.10. The lowest BCUT2D eigenvalue weighted by molar-refractivity contribution is -0.385. The van der Waals surface area contributed by atoms with Gasteiger partial charge in [-0.1, -0.05) is 18.2 Å². The number of non-ortho nitro benzene ring substituents is 1. The zero-order valence-electron chi connectivity index (χ0n) is 11.4. The maximum absolute atomic E-state index is 11.9. The minimum absolute atomic E-state index is 0.0122. The summed E-state index contributed by atoms with van der Waals surface area (Å²) in [6.07, 6.45) is 0.980. The number of halogens is 1. The molecule has 0 atom stereocenters. The predicted octanol–water partition coefficient (Wildman–Crippen LogP) is 2.38. The number of nitro groups is 1. The molecule has 0 saturated heterocycles. The van der Waals surface area contributed by atoms with Crippen molar-refractivity contribution >= 4 is 37.9 Å². The molecule has 0 fully saturated rings. The van der Waals surface area contributed by atoms with Crippen molar-refractivity contribution in [1.29, 1.82) is 0 Å². The van der Waals surface area contributed by atoms with Gasteiger partial charge >= 0.3 is 0 Å². The molecule has 0 unspecified atom stereocenters. The van der Waals surface area contributed by atoms with Gasteiger partial charge in [0.15, 0.2) is 0 Å². The van der Waals surface area contributed by atoms with E-state index in [9.17, 15) is 23.6 Å². The van der Waals surface area contributed by atoms with Crippen LogP contribution in [0.2, 0.25) is 0 Å². The number of phenolic OH excluding ortho intramolecular Hbond substituents is 1. The molecule has 2 aromatic rings. The quantitative estimate of drug-likeness (QED) is 0.453. The van der Waals surface area contributed by atoms with E-state index in [4.69, 9.17) is 0 Å². The fourth-order valence-electron chi connectivity index (χ4n) is 1.63. The van der Waals surface area contributed by atoms with Crippen molar-refractivity contribution in [2.45, 2.75) is 4.90 Å². The molecule has 23 heavy (non-hydrogen) atoms. The summed E-state index contributed by atoms with van der Waals surface area (Å²) in [6, 6.07) is 9.75. The molecule has 2 aromatic carbocycles. The molecule has 0 spiro atoms. The summed E-state index contributed by atoms with van der Waals surface area (Å²) in [6.45, 7) is 0. The van der Waals surface area contributed by atoms with Gasteiger partial charge in [-0.25, -0.2) is 4.83 Å². The zero-order valence-corrected chi connectivity index (χ0v) is 13.8. The molecule has 10 heteroatoms. The molecule has 0 aromatic heterocycles. The van der Waals surface area contributed by atoms with Crippen molar-refractivity contribution < 1.29 is 18.4 Å². The molecule has 8 nitrogen and oxygen atoms in total. The maximum atomic E-state index is 11.9. The van der Waals surface area contributed by atoms with Gasteiger partial charge in [0, 0.05) is 17.7 Å². The Balaban J connectivity index is 2.26. The molecule has 0 heterocycles. The Morgan fingerprint density at radius 3 is 2.52 bits per heavy atom. The van der Waals surface area contributed by atoms with Crippen molar-refractivity contribution in [3.8, 4) is 5.75 Å². The number of hydrogen-bond acceptors (Lipinski definition) is 6. The van der Waals surface area contributed by atoms with E-state index in [0.717, 1.165) is 18.3 Å². The SMILES string of the molecule is O=[N+]([O-])c1cc(Br)c(O)c(/C=N\NS(=O)(=O)c2ccccc2)c1. The minimum Gasteiger partial charge on any atom is -0.506 e. The van der Waals surface area contributed by atoms with E-state index in [1.54, 1.807) is 18.2 Å². The van der Waals surface area contributed by atoms with Crippen molar-refractivity contribution in [3.63, 3.8) is 0 Å². The first-order valence-corrected chi connectivity index (χ1v) is 8.35. The Kier molecular flexibility index (Phi) is 4.96. The highest BCUT2D eigenvalue weighted by Gasteiger charge is 2.15. The second-order valence-corrected chi connectivity index (χ2v) is 6.80. The van der Waals surface area contributed by atoms with Gasteiger partial charge in [-0.2, -0.15) is 13.5 Å². The van der Waals surface area contributed by atoms with Gasteiger partial charge in [0.1, 0.15) is 5.75 Å². The third-order valence-electron chi connectivity index (χ3n) is 2.72. The minimum atomic E-state index is -3.85. The topological polar surface area (TPSA) is 122 Å². The summed E-state index contributed by atoms with van der Waals surface area (Å²) in [7, 11) is -3.85. The number of nitro benzene ring substituents is 1. The van der Waals surface area contributed by atoms with Gasteiger partial charge in [-0.3, -0.25) is 10.1 Å². The third kappa shape index (κ3) is 4.05. The molecule has 0 radical (unpaired) electrons. The molecule has 2 rings (SSSR count). The van der Waals surface area contributed by atoms with Gasteiger partial charge in [0.2, 0.25) is 0 Å². The monoisotopic (exact) mass is 399 g/mol. The molecule has 0 bridgehead atoms. The Morgan fingerprint density at radius 2 is 1.91 bits per heavy atom. The fraction of sp³-hybridized carbons (Fsp3) is 0. The Morgan fingerprint density at radius 1 is 1.26 bits per heavy atom. The van der Waals surface area contributed by atoms with E-state index >= 15 is 0 Å². The lowest BCUT2D eigenvalue weighted by atomic mass is 10.2. The number of hydrogen-bond donors (Lipinski definition) is 2. The number of rotatable bonds is 5. The van der Waals surface area contributed by atoms with Crippen molar-refractivity contribution in [2.24, 2.45) is 5.10 Å². The molecular formula is C13H10BrN3O5S. The van der Waals surface area contributed by atoms with Crippen LogP contribution in [0.1, 0.15) is 5.56 Å². The lowest BCUT2D eigenvalue weighted by Crippen LogP contribution is -2.18. The predicted molar refractivity (Wildman–Crippen MR) is 86.8 cm³/mol. The highest BCUT2D eigenvalue weighted by Crippen LogP contribution is 2.31. The van der Waals surface area contributed by atoms with E-state index < -0.39 is 14.9 Å². The number of nitrogens with zero attached hydrogens (tertiary/aromatic N) is 2. The largest absolute Gasteiger partial charge is 0.506 e. The fourth-order valence-corrected chi connectivity index (χ4v) is 2.90. The number of sulfonamides is 1. The molecule has 120 valence electrons. The summed E-state index contributed by atoms with van der Waals surface area (Å²) in [5.74, 6) is -0.293. The standard InChI is InChI=1S/C13H10BrN3O5S/c14-12-7-10(17(19)20)6-9(13(12)18)8-15-16-23(21,22)11-4-2-1-3-5-11/h1-8,16,18H/b15-8-. The lowest BCUT2D eigenvalue weighted by Gasteiger charge is -2.04. The van der Waals surface area contributed by atoms with Crippen LogP contribution in [-0.2, 0) is 10.0 Å². The summed E-state index contributed by atoms with van der Waals surface area (Å²) < 4.78 is 24.0. The highest BCUT2D eigenvalue weighted by atomic mass is 79.9. The third-order valence-corrected chi connectivity index (χ3v) is 4.56. The summed E-state index contributed by atoms with van der Waals surface area (Å²) in [4.78, 5) is 12.1. The average Bonchev–Trinajstić information content (AvgIpc) is 2.51. The summed E-state index contributed by atoms with van der Waals surface area (Å²) >= 11 is 2.98. The summed E-state index contributed by atoms with van der Waals surface area (Å²) in [5, 5.41) is 24.1. The van der Waals surface area contributed by atoms with Gasteiger partial charge in [0.25, 0.3) is 15.7 Å². The first-order chi connectivity index (χ1) is 10.8. The van der Waals surface area contributed by atoms with Crippen LogP contribution in [0.5, 0.6) is 5.75 Å². The molecule has 0 amide bonds. The number of aromatic hydroxyl groups is 1. The van der Waals surface area contributed by atoms with Crippen LogP contribution in [-0.4, -0.2) is 24.7 Å². The van der Waals surface area contributed by atoms with Crippen LogP contribution in [0, 0.1) is 10.1 Å². The van der Waals surface area contributed by atoms with Crippen LogP contribution in [0.25, 0.3) is 0 Å². The van der Waals surface area contributed by atoms with Crippen LogP contribution >= 0.6 is 15.9 Å². The molecule has 2 N–H and O–H groups in total. The van der Waals surface area contributed by atoms with Crippen LogP contribution < -0.4 is 4.83 Å². The smallest absolute Gasteiger partial charge is 0.276 e. The Labute approximate surface area is 139 Å². The zero-order chi connectivity index (χ0) is 17.0. The maximum Gasteiger partial charge on any atom is 0.276 e. The van der Waals surface area contributed by atoms with E-state index in [0.29, 0.717) is 0 Å². The Hall–Kier alpha value is -2.46. The van der Waals surface area contributed by atoms with E-state index in [1.807, 2.05) is 4.83 Å². The van der Waals surface area contributed by atoms with Gasteiger partial charge < -0.3 is 5.11 Å². The first kappa shape index (κ1) is 16.9. The molecule has 0 saturated carbocycles. The van der Waals surface area contributed by atoms with Crippen LogP contribution in [0.4, 0.5) is 5.69 Å². The van der Waals surface area contributed by atoms with E-state index in [-0.39, 0.29) is 26.4 Å². The van der Waals surface area contributed by atoms with Crippen molar-refractivity contribution in [3.05, 3.63) is 62.6 Å². The number of benzene rings is 2. The normalized spacial score (nSPS) is 11.5. The number of hydrazone groups is 1.